The van der Waals surface area contributed by atoms with E-state index in [2.05, 4.69) is 58.6 Å². The molecular formula is C23H41IN4O. The Kier molecular flexibility index (Phi) is 12.8. The highest BCUT2D eigenvalue weighted by molar-refractivity contribution is 14.0. The van der Waals surface area contributed by atoms with E-state index in [1.165, 1.54) is 36.8 Å². The van der Waals surface area contributed by atoms with Crippen LogP contribution in [0.2, 0.25) is 0 Å². The third-order valence-corrected chi connectivity index (χ3v) is 6.21. The molecule has 166 valence electrons. The van der Waals surface area contributed by atoms with Crippen LogP contribution in [-0.2, 0) is 17.8 Å². The van der Waals surface area contributed by atoms with E-state index >= 15 is 0 Å². The van der Waals surface area contributed by atoms with Crippen LogP contribution < -0.4 is 10.6 Å². The van der Waals surface area contributed by atoms with Gasteiger partial charge in [-0.15, -0.1) is 24.0 Å². The maximum atomic E-state index is 5.35. The summed E-state index contributed by atoms with van der Waals surface area (Å²) in [7, 11) is 3.65. The predicted octanol–water partition coefficient (Wildman–Crippen LogP) is 4.41. The van der Waals surface area contributed by atoms with Crippen molar-refractivity contribution in [2.24, 2.45) is 10.4 Å². The third-order valence-electron chi connectivity index (χ3n) is 6.21. The molecule has 0 spiro atoms. The summed E-state index contributed by atoms with van der Waals surface area (Å²) in [6.45, 7) is 10.2. The molecule has 0 aliphatic heterocycles. The van der Waals surface area contributed by atoms with Gasteiger partial charge in [-0.3, -0.25) is 9.89 Å². The lowest BCUT2D eigenvalue weighted by molar-refractivity contribution is 0.138. The second-order valence-corrected chi connectivity index (χ2v) is 7.96. The van der Waals surface area contributed by atoms with E-state index in [9.17, 15) is 0 Å². The minimum atomic E-state index is 0. The van der Waals surface area contributed by atoms with Crippen molar-refractivity contribution in [1.82, 2.24) is 15.5 Å². The summed E-state index contributed by atoms with van der Waals surface area (Å²) < 4.78 is 5.35. The zero-order chi connectivity index (χ0) is 20.2. The third kappa shape index (κ3) is 8.42. The number of hydrogen-bond donors (Lipinski definition) is 2. The Morgan fingerprint density at radius 2 is 1.76 bits per heavy atom. The van der Waals surface area contributed by atoms with Crippen LogP contribution in [0.4, 0.5) is 0 Å². The fourth-order valence-corrected chi connectivity index (χ4v) is 4.20. The van der Waals surface area contributed by atoms with E-state index < -0.39 is 0 Å². The average molecular weight is 517 g/mol. The van der Waals surface area contributed by atoms with Gasteiger partial charge in [-0.2, -0.15) is 0 Å². The molecule has 0 bridgehead atoms. The molecule has 0 aromatic heterocycles. The number of nitrogens with one attached hydrogen (secondary N) is 2. The number of hydrogen-bond acceptors (Lipinski definition) is 3. The Balaban J connectivity index is 0.00000420. The van der Waals surface area contributed by atoms with Crippen molar-refractivity contribution < 1.29 is 4.74 Å². The lowest BCUT2D eigenvalue weighted by Gasteiger charge is -2.30. The topological polar surface area (TPSA) is 48.9 Å². The van der Waals surface area contributed by atoms with Crippen LogP contribution in [0.15, 0.2) is 29.3 Å². The van der Waals surface area contributed by atoms with Crippen molar-refractivity contribution in [2.75, 3.05) is 40.4 Å². The summed E-state index contributed by atoms with van der Waals surface area (Å²) in [5.74, 6) is 0.890. The van der Waals surface area contributed by atoms with Crippen molar-refractivity contribution in [3.05, 3.63) is 35.4 Å². The molecule has 2 rings (SSSR count). The lowest BCUT2D eigenvalue weighted by Crippen LogP contribution is -2.43. The Labute approximate surface area is 195 Å². The first-order valence-electron chi connectivity index (χ1n) is 10.9. The van der Waals surface area contributed by atoms with E-state index in [1.54, 1.807) is 7.11 Å². The highest BCUT2D eigenvalue weighted by atomic mass is 127. The Hall–Kier alpha value is -0.860. The fourth-order valence-electron chi connectivity index (χ4n) is 4.20. The molecule has 5 nitrogen and oxygen atoms in total. The van der Waals surface area contributed by atoms with E-state index in [0.29, 0.717) is 5.41 Å². The van der Waals surface area contributed by atoms with E-state index in [0.717, 1.165) is 51.7 Å². The molecule has 0 saturated heterocycles. The van der Waals surface area contributed by atoms with Gasteiger partial charge < -0.3 is 15.4 Å². The number of benzene rings is 1. The van der Waals surface area contributed by atoms with Crippen LogP contribution in [0, 0.1) is 5.41 Å². The quantitative estimate of drug-likeness (QED) is 0.260. The number of aliphatic imine (C=N–C) groups is 1. The van der Waals surface area contributed by atoms with Crippen molar-refractivity contribution >= 4 is 29.9 Å². The van der Waals surface area contributed by atoms with Crippen LogP contribution in [-0.4, -0.2) is 51.3 Å². The van der Waals surface area contributed by atoms with Gasteiger partial charge in [0.2, 0.25) is 0 Å². The van der Waals surface area contributed by atoms with Gasteiger partial charge in [0, 0.05) is 40.4 Å². The number of guanidine groups is 1. The predicted molar refractivity (Wildman–Crippen MR) is 134 cm³/mol. The standard InChI is InChI=1S/C23H40N4O.HI/c1-5-27(6-2)18-21-12-8-7-11-20(21)17-25-22(24-3)26-19-23(15-16-28-4)13-9-10-14-23;/h7-8,11-12H,5-6,9-10,13-19H2,1-4H3,(H2,24,25,26);1H. The second-order valence-electron chi connectivity index (χ2n) is 7.96. The number of nitrogens with zero attached hydrogens (tertiary/aromatic N) is 2. The molecule has 0 radical (unpaired) electrons. The Morgan fingerprint density at radius 3 is 2.34 bits per heavy atom. The van der Waals surface area contributed by atoms with Crippen molar-refractivity contribution in [2.45, 2.75) is 59.0 Å². The zero-order valence-electron chi connectivity index (χ0n) is 18.8. The van der Waals surface area contributed by atoms with Gasteiger partial charge in [0.05, 0.1) is 0 Å². The molecule has 29 heavy (non-hydrogen) atoms. The van der Waals surface area contributed by atoms with Crippen molar-refractivity contribution in [3.8, 4) is 0 Å². The highest BCUT2D eigenvalue weighted by Gasteiger charge is 2.33. The molecule has 1 aliphatic rings. The maximum absolute atomic E-state index is 5.35. The molecule has 2 N–H and O–H groups in total. The molecule has 1 aliphatic carbocycles. The van der Waals surface area contributed by atoms with Gasteiger partial charge in [0.15, 0.2) is 5.96 Å². The van der Waals surface area contributed by atoms with E-state index in [-0.39, 0.29) is 24.0 Å². The first-order valence-corrected chi connectivity index (χ1v) is 10.9. The smallest absolute Gasteiger partial charge is 0.191 e. The van der Waals surface area contributed by atoms with Crippen molar-refractivity contribution in [1.29, 1.82) is 0 Å². The van der Waals surface area contributed by atoms with Crippen LogP contribution in [0.3, 0.4) is 0 Å². The summed E-state index contributed by atoms with van der Waals surface area (Å²) in [4.78, 5) is 6.90. The molecule has 0 unspecified atom stereocenters. The molecule has 0 amide bonds. The first-order chi connectivity index (χ1) is 13.7. The Morgan fingerprint density at radius 1 is 1.10 bits per heavy atom. The SMILES string of the molecule is CCN(CC)Cc1ccccc1CNC(=NC)NCC1(CCOC)CCCC1.I. The number of methoxy groups -OCH3 is 1. The average Bonchev–Trinajstić information content (AvgIpc) is 3.20. The van der Waals surface area contributed by atoms with Gasteiger partial charge in [-0.25, -0.2) is 0 Å². The summed E-state index contributed by atoms with van der Waals surface area (Å²) in [5.41, 5.74) is 3.09. The molecule has 6 heteroatoms. The lowest BCUT2D eigenvalue weighted by atomic mass is 9.83. The van der Waals surface area contributed by atoms with Gasteiger partial charge >= 0.3 is 0 Å². The van der Waals surface area contributed by atoms with Crippen molar-refractivity contribution in [3.63, 3.8) is 0 Å². The molecular weight excluding hydrogens is 475 g/mol. The summed E-state index contributed by atoms with van der Waals surface area (Å²) in [5, 5.41) is 7.11. The van der Waals surface area contributed by atoms with Crippen LogP contribution in [0.5, 0.6) is 0 Å². The van der Waals surface area contributed by atoms with E-state index in [4.69, 9.17) is 4.74 Å². The maximum Gasteiger partial charge on any atom is 0.191 e. The van der Waals surface area contributed by atoms with Crippen LogP contribution in [0.25, 0.3) is 0 Å². The van der Waals surface area contributed by atoms with E-state index in [1.807, 2.05) is 7.05 Å². The van der Waals surface area contributed by atoms with Crippen LogP contribution >= 0.6 is 24.0 Å². The minimum Gasteiger partial charge on any atom is -0.385 e. The molecule has 1 aromatic rings. The highest BCUT2D eigenvalue weighted by Crippen LogP contribution is 2.40. The zero-order valence-corrected chi connectivity index (χ0v) is 21.1. The molecule has 1 fully saturated rings. The number of rotatable bonds is 11. The molecule has 1 aromatic carbocycles. The summed E-state index contributed by atoms with van der Waals surface area (Å²) in [6.07, 6.45) is 6.35. The van der Waals surface area contributed by atoms with Gasteiger partial charge in [-0.05, 0) is 48.9 Å². The molecule has 1 saturated carbocycles. The van der Waals surface area contributed by atoms with Crippen LogP contribution in [0.1, 0.15) is 57.1 Å². The Bertz CT molecular complexity index is 598. The first kappa shape index (κ1) is 26.2. The largest absolute Gasteiger partial charge is 0.385 e. The number of ether oxygens (including phenoxy) is 1. The normalized spacial score (nSPS) is 16.0. The monoisotopic (exact) mass is 516 g/mol. The summed E-state index contributed by atoms with van der Waals surface area (Å²) >= 11 is 0. The number of halogens is 1. The molecule has 0 heterocycles. The van der Waals surface area contributed by atoms with Gasteiger partial charge in [0.1, 0.15) is 0 Å². The molecule has 0 atom stereocenters. The van der Waals surface area contributed by atoms with Gasteiger partial charge in [-0.1, -0.05) is 51.0 Å². The fraction of sp³-hybridized carbons (Fsp3) is 0.696. The van der Waals surface area contributed by atoms with Gasteiger partial charge in [0.25, 0.3) is 0 Å². The summed E-state index contributed by atoms with van der Waals surface area (Å²) in [6, 6.07) is 8.71. The second kappa shape index (κ2) is 14.2. The minimum absolute atomic E-state index is 0.